The van der Waals surface area contributed by atoms with E-state index in [2.05, 4.69) is 41.0 Å². The number of aryl methyl sites for hydroxylation is 2. The number of benzene rings is 2. The van der Waals surface area contributed by atoms with Gasteiger partial charge in [-0.2, -0.15) is 10.2 Å². The third-order valence-electron chi connectivity index (χ3n) is 5.77. The molecule has 2 aromatic carbocycles. The van der Waals surface area contributed by atoms with E-state index in [1.807, 2.05) is 11.4 Å². The minimum absolute atomic E-state index is 0.144. The zero-order chi connectivity index (χ0) is 30.7. The first-order valence-corrected chi connectivity index (χ1v) is 11.9. The van der Waals surface area contributed by atoms with E-state index in [-0.39, 0.29) is 17.2 Å². The molecule has 204 valence electrons. The molecule has 0 radical (unpaired) electrons. The van der Waals surface area contributed by atoms with Crippen LogP contribution in [0.5, 0.6) is 11.5 Å². The number of amides is 1. The molecule has 0 saturated heterocycles. The Labute approximate surface area is 233 Å². The van der Waals surface area contributed by atoms with Crippen LogP contribution in [-0.4, -0.2) is 66.8 Å². The van der Waals surface area contributed by atoms with Crippen LogP contribution in [0.3, 0.4) is 0 Å². The largest absolute Gasteiger partial charge is 0.494 e. The molecule has 3 aromatic heterocycles. The molecular weight excluding hydrogens is 514 g/mol. The lowest BCUT2D eigenvalue weighted by molar-refractivity contribution is 0.0958. The molecule has 3 N–H and O–H groups in total. The summed E-state index contributed by atoms with van der Waals surface area (Å²) in [5.74, 6) is 0.990. The molecular formula is C26H27N11O3. The van der Waals surface area contributed by atoms with Crippen LogP contribution in [-0.2, 0) is 14.1 Å². The van der Waals surface area contributed by atoms with Crippen molar-refractivity contribution >= 4 is 28.8 Å². The summed E-state index contributed by atoms with van der Waals surface area (Å²) in [7, 11) is 6.51. The summed E-state index contributed by atoms with van der Waals surface area (Å²) in [5, 5.41) is 25.1. The van der Waals surface area contributed by atoms with Crippen molar-refractivity contribution in [3.63, 3.8) is 0 Å². The van der Waals surface area contributed by atoms with Gasteiger partial charge in [0.15, 0.2) is 34.7 Å². The molecule has 5 aromatic rings. The van der Waals surface area contributed by atoms with Gasteiger partial charge >= 0.3 is 0 Å². The van der Waals surface area contributed by atoms with Gasteiger partial charge in [-0.05, 0) is 24.3 Å². The number of hydrogen-bond donors (Lipinski definition) is 3. The molecule has 14 heteroatoms. The van der Waals surface area contributed by atoms with Crippen LogP contribution >= 0.6 is 0 Å². The van der Waals surface area contributed by atoms with Gasteiger partial charge in [0.05, 0.1) is 42.4 Å². The Morgan fingerprint density at radius 2 is 1.40 bits per heavy atom. The molecule has 0 saturated carbocycles. The van der Waals surface area contributed by atoms with Gasteiger partial charge in [0, 0.05) is 31.2 Å². The number of hydrogen-bond acceptors (Lipinski definition) is 11. The molecule has 1 amide bonds. The number of aromatic nitrogens is 8. The standard InChI is InChI=1S/C26H27N11O3/c1-27-26(38)21-19(30-17-10-6-8-15(22(17)39-4)24-28-13-36(2)34-24)12-20(32-33-21)31-18-11-7-9-16(23(18)40-5)25-29-14-37(3)35-25/h6-14H,1-5H3,(H,27,38)(H2,30,31,32)/i1D3. The molecule has 0 aliphatic carbocycles. The van der Waals surface area contributed by atoms with Crippen molar-refractivity contribution in [3.8, 4) is 34.3 Å². The average Bonchev–Trinajstić information content (AvgIpc) is 3.60. The summed E-state index contributed by atoms with van der Waals surface area (Å²) >= 11 is 0. The van der Waals surface area contributed by atoms with Crippen molar-refractivity contribution in [3.05, 3.63) is 60.8 Å². The quantitative estimate of drug-likeness (QED) is 0.250. The van der Waals surface area contributed by atoms with E-state index in [0.717, 1.165) is 0 Å². The summed E-state index contributed by atoms with van der Waals surface area (Å²) in [6.45, 7) is -2.75. The predicted octanol–water partition coefficient (Wildman–Crippen LogP) is 2.93. The van der Waals surface area contributed by atoms with E-state index in [0.29, 0.717) is 45.6 Å². The van der Waals surface area contributed by atoms with E-state index in [1.54, 1.807) is 66.4 Å². The minimum Gasteiger partial charge on any atom is -0.494 e. The van der Waals surface area contributed by atoms with Gasteiger partial charge < -0.3 is 25.4 Å². The lowest BCUT2D eigenvalue weighted by atomic mass is 10.1. The predicted molar refractivity (Wildman–Crippen MR) is 148 cm³/mol. The van der Waals surface area contributed by atoms with Gasteiger partial charge in [0.1, 0.15) is 12.7 Å². The maximum atomic E-state index is 13.0. The van der Waals surface area contributed by atoms with Crippen molar-refractivity contribution in [2.24, 2.45) is 14.1 Å². The first-order chi connectivity index (χ1) is 20.6. The number of nitrogens with zero attached hydrogens (tertiary/aromatic N) is 8. The Morgan fingerprint density at radius 1 is 0.825 bits per heavy atom. The smallest absolute Gasteiger partial charge is 0.273 e. The normalized spacial score (nSPS) is 12.2. The van der Waals surface area contributed by atoms with Crippen molar-refractivity contribution in [1.29, 1.82) is 0 Å². The number of anilines is 4. The van der Waals surface area contributed by atoms with E-state index in [4.69, 9.17) is 13.6 Å². The van der Waals surface area contributed by atoms with E-state index >= 15 is 0 Å². The SMILES string of the molecule is [2H]C([2H])([2H])NC(=O)c1nnc(Nc2cccc(-c3ncn(C)n3)c2OC)cc1Nc1cccc(-c2ncn(C)n2)c1OC. The van der Waals surface area contributed by atoms with Crippen LogP contribution in [0.4, 0.5) is 22.9 Å². The van der Waals surface area contributed by atoms with Crippen LogP contribution in [0.1, 0.15) is 14.6 Å². The van der Waals surface area contributed by atoms with Crippen LogP contribution in [0.25, 0.3) is 22.8 Å². The summed E-state index contributed by atoms with van der Waals surface area (Å²) in [6.07, 6.45) is 3.14. The maximum absolute atomic E-state index is 13.0. The maximum Gasteiger partial charge on any atom is 0.273 e. The van der Waals surface area contributed by atoms with Crippen molar-refractivity contribution in [1.82, 2.24) is 45.0 Å². The van der Waals surface area contributed by atoms with E-state index in [1.165, 1.54) is 20.3 Å². The highest BCUT2D eigenvalue weighted by atomic mass is 16.5. The van der Waals surface area contributed by atoms with Gasteiger partial charge in [-0.25, -0.2) is 9.97 Å². The van der Waals surface area contributed by atoms with E-state index in [9.17, 15) is 4.79 Å². The number of carbonyl (C=O) groups excluding carboxylic acids is 1. The molecule has 0 unspecified atom stereocenters. The third kappa shape index (κ3) is 5.09. The number of ether oxygens (including phenoxy) is 2. The van der Waals surface area contributed by atoms with Crippen molar-refractivity contribution in [2.45, 2.75) is 0 Å². The van der Waals surface area contributed by atoms with Gasteiger partial charge in [-0.1, -0.05) is 12.1 Å². The van der Waals surface area contributed by atoms with Crippen LogP contribution in [0.2, 0.25) is 0 Å². The zero-order valence-electron chi connectivity index (χ0n) is 25.0. The first-order valence-electron chi connectivity index (χ1n) is 13.4. The number of methoxy groups -OCH3 is 2. The molecule has 40 heavy (non-hydrogen) atoms. The summed E-state index contributed by atoms with van der Waals surface area (Å²) in [4.78, 5) is 21.6. The molecule has 0 aliphatic rings. The second-order valence-electron chi connectivity index (χ2n) is 8.45. The molecule has 0 aliphatic heterocycles. The second kappa shape index (κ2) is 11.1. The second-order valence-corrected chi connectivity index (χ2v) is 8.45. The van der Waals surface area contributed by atoms with Gasteiger partial charge in [0.2, 0.25) is 0 Å². The van der Waals surface area contributed by atoms with Crippen LogP contribution in [0, 0.1) is 0 Å². The van der Waals surface area contributed by atoms with Crippen LogP contribution in [0.15, 0.2) is 55.1 Å². The number of nitrogens with one attached hydrogen (secondary N) is 3. The lowest BCUT2D eigenvalue weighted by Gasteiger charge is -2.17. The van der Waals surface area contributed by atoms with Gasteiger partial charge in [-0.3, -0.25) is 14.2 Å². The fraction of sp³-hybridized carbons (Fsp3) is 0.192. The highest BCUT2D eigenvalue weighted by molar-refractivity contribution is 5.99. The minimum atomic E-state index is -2.75. The van der Waals surface area contributed by atoms with Crippen molar-refractivity contribution < 1.29 is 18.4 Å². The summed E-state index contributed by atoms with van der Waals surface area (Å²) in [6, 6.07) is 12.2. The Morgan fingerprint density at radius 3 is 1.90 bits per heavy atom. The molecule has 14 nitrogen and oxygen atoms in total. The lowest BCUT2D eigenvalue weighted by Crippen LogP contribution is -2.21. The van der Waals surface area contributed by atoms with Gasteiger partial charge in [0.25, 0.3) is 5.91 Å². The van der Waals surface area contributed by atoms with Gasteiger partial charge in [-0.15, -0.1) is 10.2 Å². The highest BCUT2D eigenvalue weighted by Gasteiger charge is 2.20. The Bertz CT molecular complexity index is 1790. The molecule has 0 bridgehead atoms. The summed E-state index contributed by atoms with van der Waals surface area (Å²) in [5.41, 5.74) is 2.07. The highest BCUT2D eigenvalue weighted by Crippen LogP contribution is 2.39. The molecule has 5 rings (SSSR count). The van der Waals surface area contributed by atoms with Crippen molar-refractivity contribution in [2.75, 3.05) is 31.8 Å². The zero-order valence-corrected chi connectivity index (χ0v) is 22.0. The average molecular weight is 545 g/mol. The molecule has 0 atom stereocenters. The Kier molecular flexibility index (Phi) is 6.21. The first kappa shape index (κ1) is 22.5. The van der Waals surface area contributed by atoms with E-state index < -0.39 is 12.9 Å². The van der Waals surface area contributed by atoms with Crippen LogP contribution < -0.4 is 25.4 Å². The fourth-order valence-corrected chi connectivity index (χ4v) is 4.05. The molecule has 0 spiro atoms. The number of rotatable bonds is 9. The summed E-state index contributed by atoms with van der Waals surface area (Å²) < 4.78 is 36.9. The molecule has 0 fully saturated rings. The fourth-order valence-electron chi connectivity index (χ4n) is 4.05. The Balaban J connectivity index is 1.56. The Hall–Kier alpha value is -5.53. The third-order valence-corrected chi connectivity index (χ3v) is 5.77. The number of carbonyl (C=O) groups is 1. The number of para-hydroxylation sites is 2. The monoisotopic (exact) mass is 544 g/mol. The topological polar surface area (TPSA) is 159 Å². The molecule has 3 heterocycles.